The van der Waals surface area contributed by atoms with E-state index >= 15 is 0 Å². The van der Waals surface area contributed by atoms with Gasteiger partial charge in [0.15, 0.2) is 5.78 Å². The molecule has 1 saturated heterocycles. The van der Waals surface area contributed by atoms with E-state index in [9.17, 15) is 4.79 Å². The Morgan fingerprint density at radius 2 is 2.06 bits per heavy atom. The van der Waals surface area contributed by atoms with Crippen LogP contribution >= 0.6 is 0 Å². The Labute approximate surface area is 195 Å². The molecule has 33 heavy (non-hydrogen) atoms. The van der Waals surface area contributed by atoms with Crippen molar-refractivity contribution >= 4 is 29.3 Å². The van der Waals surface area contributed by atoms with E-state index in [-0.39, 0.29) is 17.6 Å². The molecular weight excluding hydrogens is 414 g/mol. The number of allylic oxidation sites excluding steroid dienone is 1. The van der Waals surface area contributed by atoms with Gasteiger partial charge in [0, 0.05) is 54.7 Å². The Kier molecular flexibility index (Phi) is 6.88. The predicted molar refractivity (Wildman–Crippen MR) is 132 cm³/mol. The summed E-state index contributed by atoms with van der Waals surface area (Å²) in [5, 5.41) is 12.0. The van der Waals surface area contributed by atoms with Gasteiger partial charge in [0.2, 0.25) is 5.95 Å². The summed E-state index contributed by atoms with van der Waals surface area (Å²) in [4.78, 5) is 24.4. The van der Waals surface area contributed by atoms with Gasteiger partial charge in [0.05, 0.1) is 18.9 Å². The Hall–Kier alpha value is -3.06. The van der Waals surface area contributed by atoms with Crippen LogP contribution in [-0.4, -0.2) is 54.3 Å². The van der Waals surface area contributed by atoms with Gasteiger partial charge in [-0.3, -0.25) is 4.79 Å². The molecule has 7 heteroatoms. The van der Waals surface area contributed by atoms with Gasteiger partial charge in [-0.2, -0.15) is 4.98 Å². The molecule has 7 nitrogen and oxygen atoms in total. The fourth-order valence-corrected chi connectivity index (χ4v) is 4.49. The van der Waals surface area contributed by atoms with Crippen molar-refractivity contribution in [2.45, 2.75) is 40.0 Å². The van der Waals surface area contributed by atoms with Crippen LogP contribution in [0, 0.1) is 18.3 Å². The molecule has 1 fully saturated rings. The SMILES string of the molecule is CCC(=O)C1=Cc2nc(NCC(C)C(=N)c3cccc(C)c3)nc(N3CCOCC3)c2C1C. The highest BCUT2D eigenvalue weighted by atomic mass is 16.5. The number of aryl methyl sites for hydroxylation is 1. The molecule has 2 unspecified atom stereocenters. The second-order valence-corrected chi connectivity index (χ2v) is 8.93. The summed E-state index contributed by atoms with van der Waals surface area (Å²) in [7, 11) is 0. The number of carbonyl (C=O) groups is 1. The van der Waals surface area contributed by atoms with Crippen LogP contribution in [0.25, 0.3) is 6.08 Å². The lowest BCUT2D eigenvalue weighted by atomic mass is 9.95. The molecular formula is C26H33N5O2. The lowest BCUT2D eigenvalue weighted by molar-refractivity contribution is -0.115. The lowest BCUT2D eigenvalue weighted by Gasteiger charge is -2.30. The van der Waals surface area contributed by atoms with E-state index in [2.05, 4.69) is 17.1 Å². The Balaban J connectivity index is 1.59. The Morgan fingerprint density at radius 1 is 1.30 bits per heavy atom. The van der Waals surface area contributed by atoms with Crippen molar-refractivity contribution in [3.8, 4) is 0 Å². The zero-order chi connectivity index (χ0) is 23.5. The number of aromatic nitrogens is 2. The minimum Gasteiger partial charge on any atom is -0.378 e. The number of benzene rings is 1. The first-order valence-electron chi connectivity index (χ1n) is 11.8. The summed E-state index contributed by atoms with van der Waals surface area (Å²) < 4.78 is 5.54. The predicted octanol–water partition coefficient (Wildman–Crippen LogP) is 4.22. The third-order valence-electron chi connectivity index (χ3n) is 6.49. The van der Waals surface area contributed by atoms with E-state index in [4.69, 9.17) is 20.1 Å². The number of hydrogen-bond acceptors (Lipinski definition) is 7. The smallest absolute Gasteiger partial charge is 0.225 e. The second-order valence-electron chi connectivity index (χ2n) is 8.93. The van der Waals surface area contributed by atoms with Crippen molar-refractivity contribution in [2.75, 3.05) is 43.1 Å². The zero-order valence-corrected chi connectivity index (χ0v) is 19.9. The standard InChI is InChI=1S/C26H33N5O2/c1-5-22(32)20-14-21-23(18(20)4)25(31-9-11-33-12-10-31)30-26(29-21)28-15-17(3)24(27)19-8-6-7-16(2)13-19/h6-8,13-14,17-18,27H,5,9-12,15H2,1-4H3,(H,28,29,30). The third-order valence-corrected chi connectivity index (χ3v) is 6.49. The molecule has 0 spiro atoms. The molecule has 2 heterocycles. The number of rotatable bonds is 8. The van der Waals surface area contributed by atoms with Gasteiger partial charge in [0.25, 0.3) is 0 Å². The molecule has 2 N–H and O–H groups in total. The van der Waals surface area contributed by atoms with E-state index in [1.807, 2.05) is 51.1 Å². The van der Waals surface area contributed by atoms with Crippen molar-refractivity contribution < 1.29 is 9.53 Å². The van der Waals surface area contributed by atoms with Crippen molar-refractivity contribution in [3.63, 3.8) is 0 Å². The van der Waals surface area contributed by atoms with Gasteiger partial charge < -0.3 is 20.4 Å². The highest BCUT2D eigenvalue weighted by molar-refractivity contribution is 6.03. The lowest BCUT2D eigenvalue weighted by Crippen LogP contribution is -2.38. The van der Waals surface area contributed by atoms with Crippen molar-refractivity contribution in [3.05, 3.63) is 52.2 Å². The normalized spacial score (nSPS) is 18.5. The topological polar surface area (TPSA) is 91.2 Å². The van der Waals surface area contributed by atoms with Crippen molar-refractivity contribution in [1.29, 1.82) is 5.41 Å². The van der Waals surface area contributed by atoms with Gasteiger partial charge in [-0.1, -0.05) is 50.6 Å². The number of anilines is 2. The first-order chi connectivity index (χ1) is 15.9. The molecule has 1 aromatic carbocycles. The number of carbonyl (C=O) groups excluding carboxylic acids is 1. The molecule has 4 rings (SSSR count). The average Bonchev–Trinajstić information content (AvgIpc) is 3.17. The molecule has 0 amide bonds. The van der Waals surface area contributed by atoms with Crippen molar-refractivity contribution in [2.24, 2.45) is 5.92 Å². The molecule has 1 aliphatic heterocycles. The molecule has 2 aromatic rings. The summed E-state index contributed by atoms with van der Waals surface area (Å²) >= 11 is 0. The number of nitrogens with zero attached hydrogens (tertiary/aromatic N) is 3. The minimum atomic E-state index is -0.0206. The Morgan fingerprint density at radius 3 is 2.76 bits per heavy atom. The fraction of sp³-hybridized carbons (Fsp3) is 0.462. The largest absolute Gasteiger partial charge is 0.378 e. The monoisotopic (exact) mass is 447 g/mol. The van der Waals surface area contributed by atoms with Crippen LogP contribution in [0.2, 0.25) is 0 Å². The minimum absolute atomic E-state index is 0.0119. The Bertz CT molecular complexity index is 1090. The molecule has 0 radical (unpaired) electrons. The van der Waals surface area contributed by atoms with Gasteiger partial charge >= 0.3 is 0 Å². The maximum absolute atomic E-state index is 12.5. The van der Waals surface area contributed by atoms with Crippen LogP contribution in [0.15, 0.2) is 29.8 Å². The van der Waals surface area contributed by atoms with Crippen LogP contribution < -0.4 is 10.2 Å². The maximum Gasteiger partial charge on any atom is 0.225 e. The van der Waals surface area contributed by atoms with Crippen molar-refractivity contribution in [1.82, 2.24) is 9.97 Å². The fourth-order valence-electron chi connectivity index (χ4n) is 4.49. The second kappa shape index (κ2) is 9.83. The summed E-state index contributed by atoms with van der Waals surface area (Å²) in [6.07, 6.45) is 2.41. The van der Waals surface area contributed by atoms with Gasteiger partial charge in [0.1, 0.15) is 5.82 Å². The number of ketones is 1. The summed E-state index contributed by atoms with van der Waals surface area (Å²) in [6.45, 7) is 11.4. The quantitative estimate of drug-likeness (QED) is 0.589. The number of Topliss-reactive ketones (excluding diaryl/α,β-unsaturated/α-hetero) is 1. The van der Waals surface area contributed by atoms with Gasteiger partial charge in [-0.05, 0) is 18.6 Å². The van der Waals surface area contributed by atoms with E-state index in [1.165, 1.54) is 0 Å². The number of ether oxygens (including phenoxy) is 1. The van der Waals surface area contributed by atoms with Crippen LogP contribution in [0.1, 0.15) is 55.5 Å². The van der Waals surface area contributed by atoms with Crippen LogP contribution in [0.5, 0.6) is 0 Å². The number of nitrogens with one attached hydrogen (secondary N) is 2. The van der Waals surface area contributed by atoms with Gasteiger partial charge in [-0.25, -0.2) is 4.98 Å². The zero-order valence-electron chi connectivity index (χ0n) is 19.9. The molecule has 2 atom stereocenters. The number of hydrogen-bond donors (Lipinski definition) is 2. The first-order valence-corrected chi connectivity index (χ1v) is 11.8. The third kappa shape index (κ3) is 4.83. The molecule has 174 valence electrons. The molecule has 1 aromatic heterocycles. The highest BCUT2D eigenvalue weighted by Crippen LogP contribution is 2.41. The molecule has 0 saturated carbocycles. The highest BCUT2D eigenvalue weighted by Gasteiger charge is 2.32. The first kappa shape index (κ1) is 23.1. The molecule has 0 bridgehead atoms. The summed E-state index contributed by atoms with van der Waals surface area (Å²) in [6, 6.07) is 8.05. The van der Waals surface area contributed by atoms with E-state index in [1.54, 1.807) is 0 Å². The number of fused-ring (bicyclic) bond motifs is 1. The van der Waals surface area contributed by atoms with E-state index in [0.717, 1.165) is 46.9 Å². The number of morpholine rings is 1. The molecule has 2 aliphatic rings. The van der Waals surface area contributed by atoms with Gasteiger partial charge in [-0.15, -0.1) is 0 Å². The maximum atomic E-state index is 12.5. The van der Waals surface area contributed by atoms with E-state index < -0.39 is 0 Å². The van der Waals surface area contributed by atoms with Crippen LogP contribution in [-0.2, 0) is 9.53 Å². The van der Waals surface area contributed by atoms with E-state index in [0.29, 0.717) is 37.8 Å². The summed E-state index contributed by atoms with van der Waals surface area (Å²) in [5.74, 6) is 1.54. The summed E-state index contributed by atoms with van der Waals surface area (Å²) in [5.41, 5.74) is 5.33. The van der Waals surface area contributed by atoms with Crippen LogP contribution in [0.3, 0.4) is 0 Å². The van der Waals surface area contributed by atoms with Crippen LogP contribution in [0.4, 0.5) is 11.8 Å². The average molecular weight is 448 g/mol. The molecule has 1 aliphatic carbocycles.